The van der Waals surface area contributed by atoms with Crippen LogP contribution in [0, 0.1) is 5.92 Å². The van der Waals surface area contributed by atoms with Crippen molar-refractivity contribution in [3.05, 3.63) is 59.7 Å². The van der Waals surface area contributed by atoms with Gasteiger partial charge in [-0.2, -0.15) is 0 Å². The van der Waals surface area contributed by atoms with E-state index in [-0.39, 0.29) is 0 Å². The normalized spacial score (nSPS) is 27.1. The van der Waals surface area contributed by atoms with Gasteiger partial charge in [-0.1, -0.05) is 81.1 Å². The van der Waals surface area contributed by atoms with E-state index in [2.05, 4.69) is 55.5 Å². The van der Waals surface area contributed by atoms with Crippen LogP contribution in [0.5, 0.6) is 0 Å². The molecule has 0 aromatic heterocycles. The van der Waals surface area contributed by atoms with Gasteiger partial charge in [-0.25, -0.2) is 0 Å². The van der Waals surface area contributed by atoms with E-state index in [0.29, 0.717) is 12.0 Å². The van der Waals surface area contributed by atoms with Gasteiger partial charge in [0.15, 0.2) is 0 Å². The standard InChI is InChI=1S/C29H41N/c1-2-3-4-5-22-6-8-23(9-7-22)24-10-12-25(13-11-24)26-14-16-27(17-15-26)28-18-20-29(30)21-19-28/h10-17,22-23,28-29H,2-9,18-21,30H2,1H3. The Morgan fingerprint density at radius 3 is 1.57 bits per heavy atom. The van der Waals surface area contributed by atoms with Crippen molar-refractivity contribution in [3.63, 3.8) is 0 Å². The second-order valence-corrected chi connectivity index (χ2v) is 10.1. The maximum absolute atomic E-state index is 6.07. The summed E-state index contributed by atoms with van der Waals surface area (Å²) >= 11 is 0. The van der Waals surface area contributed by atoms with Crippen LogP contribution in [0.4, 0.5) is 0 Å². The molecule has 0 aliphatic heterocycles. The van der Waals surface area contributed by atoms with Crippen LogP contribution >= 0.6 is 0 Å². The van der Waals surface area contributed by atoms with Crippen molar-refractivity contribution in [2.75, 3.05) is 0 Å². The number of benzene rings is 2. The third-order valence-electron chi connectivity index (χ3n) is 7.93. The van der Waals surface area contributed by atoms with Crippen LogP contribution in [0.1, 0.15) is 107 Å². The lowest BCUT2D eigenvalue weighted by molar-refractivity contribution is 0.303. The minimum Gasteiger partial charge on any atom is -0.328 e. The molecule has 2 aromatic rings. The summed E-state index contributed by atoms with van der Waals surface area (Å²) in [6.45, 7) is 2.31. The van der Waals surface area contributed by atoms with E-state index >= 15 is 0 Å². The van der Waals surface area contributed by atoms with Gasteiger partial charge in [0.05, 0.1) is 0 Å². The largest absolute Gasteiger partial charge is 0.328 e. The Morgan fingerprint density at radius 1 is 0.633 bits per heavy atom. The molecule has 1 nitrogen and oxygen atoms in total. The van der Waals surface area contributed by atoms with Crippen molar-refractivity contribution in [1.29, 1.82) is 0 Å². The van der Waals surface area contributed by atoms with Crippen LogP contribution in [-0.2, 0) is 0 Å². The van der Waals surface area contributed by atoms with Crippen LogP contribution in [-0.4, -0.2) is 6.04 Å². The average molecular weight is 404 g/mol. The molecule has 2 N–H and O–H groups in total. The van der Waals surface area contributed by atoms with E-state index in [9.17, 15) is 0 Å². The number of rotatable bonds is 7. The molecule has 162 valence electrons. The topological polar surface area (TPSA) is 26.0 Å². The molecule has 0 bridgehead atoms. The predicted octanol–water partition coefficient (Wildman–Crippen LogP) is 8.19. The Kier molecular flexibility index (Phi) is 7.66. The van der Waals surface area contributed by atoms with Crippen LogP contribution in [0.3, 0.4) is 0 Å². The smallest absolute Gasteiger partial charge is 0.00392 e. The van der Waals surface area contributed by atoms with Gasteiger partial charge >= 0.3 is 0 Å². The molecule has 4 rings (SSSR count). The molecular formula is C29H41N. The first-order valence-electron chi connectivity index (χ1n) is 12.7. The Hall–Kier alpha value is -1.60. The van der Waals surface area contributed by atoms with E-state index < -0.39 is 0 Å². The second-order valence-electron chi connectivity index (χ2n) is 10.1. The van der Waals surface area contributed by atoms with Crippen molar-refractivity contribution in [3.8, 4) is 11.1 Å². The fourth-order valence-corrected chi connectivity index (χ4v) is 5.82. The predicted molar refractivity (Wildman–Crippen MR) is 130 cm³/mol. The molecule has 0 spiro atoms. The summed E-state index contributed by atoms with van der Waals surface area (Å²) in [5.41, 5.74) is 11.8. The molecule has 2 aromatic carbocycles. The highest BCUT2D eigenvalue weighted by Crippen LogP contribution is 2.38. The van der Waals surface area contributed by atoms with E-state index in [1.165, 1.54) is 93.7 Å². The third-order valence-corrected chi connectivity index (χ3v) is 7.93. The van der Waals surface area contributed by atoms with E-state index in [4.69, 9.17) is 5.73 Å². The molecular weight excluding hydrogens is 362 g/mol. The molecule has 0 amide bonds. The lowest BCUT2D eigenvalue weighted by atomic mass is 9.77. The van der Waals surface area contributed by atoms with Gasteiger partial charge in [0.2, 0.25) is 0 Å². The Morgan fingerprint density at radius 2 is 1.10 bits per heavy atom. The van der Waals surface area contributed by atoms with Gasteiger partial charge in [-0.15, -0.1) is 0 Å². The highest BCUT2D eigenvalue weighted by molar-refractivity contribution is 5.64. The molecule has 2 saturated carbocycles. The van der Waals surface area contributed by atoms with Gasteiger partial charge in [0.25, 0.3) is 0 Å². The quantitative estimate of drug-likeness (QED) is 0.463. The van der Waals surface area contributed by atoms with Crippen molar-refractivity contribution in [2.24, 2.45) is 11.7 Å². The number of nitrogens with two attached hydrogens (primary N) is 1. The fraction of sp³-hybridized carbons (Fsp3) is 0.586. The summed E-state index contributed by atoms with van der Waals surface area (Å²) < 4.78 is 0. The SMILES string of the molecule is CCCCCC1CCC(c2ccc(-c3ccc(C4CCC(N)CC4)cc3)cc2)CC1. The highest BCUT2D eigenvalue weighted by atomic mass is 14.6. The summed E-state index contributed by atoms with van der Waals surface area (Å²) in [5.74, 6) is 2.48. The molecule has 2 fully saturated rings. The van der Waals surface area contributed by atoms with Gasteiger partial charge in [-0.3, -0.25) is 0 Å². The molecule has 0 radical (unpaired) electrons. The van der Waals surface area contributed by atoms with E-state index in [0.717, 1.165) is 11.8 Å². The zero-order valence-corrected chi connectivity index (χ0v) is 19.0. The second kappa shape index (κ2) is 10.6. The van der Waals surface area contributed by atoms with Gasteiger partial charge in [0.1, 0.15) is 0 Å². The number of hydrogen-bond acceptors (Lipinski definition) is 1. The van der Waals surface area contributed by atoms with Gasteiger partial charge in [-0.05, 0) is 91.4 Å². The third kappa shape index (κ3) is 5.55. The Labute approximate surface area is 184 Å². The Balaban J connectivity index is 1.31. The first-order chi connectivity index (χ1) is 14.7. The molecule has 0 unspecified atom stereocenters. The number of unbranched alkanes of at least 4 members (excludes halogenated alkanes) is 2. The maximum atomic E-state index is 6.07. The molecule has 0 atom stereocenters. The highest BCUT2D eigenvalue weighted by Gasteiger charge is 2.22. The molecule has 0 heterocycles. The summed E-state index contributed by atoms with van der Waals surface area (Å²) in [7, 11) is 0. The molecule has 2 aliphatic rings. The van der Waals surface area contributed by atoms with Crippen LogP contribution in [0.25, 0.3) is 11.1 Å². The zero-order valence-electron chi connectivity index (χ0n) is 19.0. The molecule has 1 heteroatoms. The van der Waals surface area contributed by atoms with Crippen LogP contribution in [0.2, 0.25) is 0 Å². The van der Waals surface area contributed by atoms with Crippen LogP contribution in [0.15, 0.2) is 48.5 Å². The maximum Gasteiger partial charge on any atom is 0.00392 e. The van der Waals surface area contributed by atoms with Gasteiger partial charge < -0.3 is 5.73 Å². The molecule has 0 saturated heterocycles. The van der Waals surface area contributed by atoms with Gasteiger partial charge in [0, 0.05) is 6.04 Å². The first kappa shape index (κ1) is 21.6. The lowest BCUT2D eigenvalue weighted by Gasteiger charge is -2.29. The lowest BCUT2D eigenvalue weighted by Crippen LogP contribution is -2.25. The minimum atomic E-state index is 0.426. The summed E-state index contributed by atoms with van der Waals surface area (Å²) in [6, 6.07) is 19.3. The monoisotopic (exact) mass is 403 g/mol. The first-order valence-corrected chi connectivity index (χ1v) is 12.7. The van der Waals surface area contributed by atoms with Crippen LogP contribution < -0.4 is 5.73 Å². The minimum absolute atomic E-state index is 0.426. The summed E-state index contributed by atoms with van der Waals surface area (Å²) in [6.07, 6.45) is 16.1. The molecule has 30 heavy (non-hydrogen) atoms. The van der Waals surface area contributed by atoms with E-state index in [1.807, 2.05) is 0 Å². The number of hydrogen-bond donors (Lipinski definition) is 1. The van der Waals surface area contributed by atoms with Crippen molar-refractivity contribution >= 4 is 0 Å². The molecule has 2 aliphatic carbocycles. The fourth-order valence-electron chi connectivity index (χ4n) is 5.82. The summed E-state index contributed by atoms with van der Waals surface area (Å²) in [5, 5.41) is 0. The van der Waals surface area contributed by atoms with Crippen molar-refractivity contribution < 1.29 is 0 Å². The summed E-state index contributed by atoms with van der Waals surface area (Å²) in [4.78, 5) is 0. The Bertz CT molecular complexity index is 744. The van der Waals surface area contributed by atoms with Crippen molar-refractivity contribution in [2.45, 2.75) is 102 Å². The van der Waals surface area contributed by atoms with E-state index in [1.54, 1.807) is 5.56 Å². The van der Waals surface area contributed by atoms with Crippen molar-refractivity contribution in [1.82, 2.24) is 0 Å². The average Bonchev–Trinajstić information content (AvgIpc) is 2.81. The zero-order chi connectivity index (χ0) is 20.8.